The van der Waals surface area contributed by atoms with E-state index in [2.05, 4.69) is 12.2 Å². The van der Waals surface area contributed by atoms with Gasteiger partial charge in [0.2, 0.25) is 11.8 Å². The second-order valence-electron chi connectivity index (χ2n) is 6.13. The van der Waals surface area contributed by atoms with E-state index in [1.165, 1.54) is 29.2 Å². The van der Waals surface area contributed by atoms with Gasteiger partial charge in [-0.1, -0.05) is 12.2 Å². The fraction of sp³-hybridized carbons (Fsp3) is 0.375. The Balaban J connectivity index is 1.70. The summed E-state index contributed by atoms with van der Waals surface area (Å²) in [5.41, 5.74) is 0.372. The van der Waals surface area contributed by atoms with Crippen LogP contribution in [0.5, 0.6) is 0 Å². The first-order valence-electron chi connectivity index (χ1n) is 7.38. The first-order valence-corrected chi connectivity index (χ1v) is 7.38. The second-order valence-corrected chi connectivity index (χ2v) is 6.13. The summed E-state index contributed by atoms with van der Waals surface area (Å²) in [6.45, 7) is 0. The molecule has 1 aromatic carbocycles. The van der Waals surface area contributed by atoms with Crippen molar-refractivity contribution in [2.75, 3.05) is 4.90 Å². The van der Waals surface area contributed by atoms with Crippen molar-refractivity contribution < 1.29 is 14.5 Å². The number of non-ortho nitro benzene ring substituents is 1. The van der Waals surface area contributed by atoms with Gasteiger partial charge in [-0.3, -0.25) is 24.6 Å². The number of nitrogens with zero attached hydrogens (tertiary/aromatic N) is 2. The maximum absolute atomic E-state index is 12.7. The lowest BCUT2D eigenvalue weighted by molar-refractivity contribution is -0.384. The van der Waals surface area contributed by atoms with E-state index in [4.69, 9.17) is 0 Å². The van der Waals surface area contributed by atoms with Crippen LogP contribution >= 0.6 is 0 Å². The number of amides is 2. The molecule has 4 atom stereocenters. The molecular formula is C16H14N2O4. The number of benzene rings is 1. The van der Waals surface area contributed by atoms with Crippen LogP contribution in [0.2, 0.25) is 0 Å². The van der Waals surface area contributed by atoms with Crippen LogP contribution in [-0.4, -0.2) is 16.7 Å². The number of anilines is 1. The van der Waals surface area contributed by atoms with Gasteiger partial charge in [0, 0.05) is 12.1 Å². The number of carbonyl (C=O) groups is 2. The lowest BCUT2D eigenvalue weighted by Crippen LogP contribution is -2.38. The van der Waals surface area contributed by atoms with E-state index in [9.17, 15) is 19.7 Å². The van der Waals surface area contributed by atoms with Gasteiger partial charge in [0.15, 0.2) is 0 Å². The van der Waals surface area contributed by atoms with E-state index in [-0.39, 0.29) is 41.2 Å². The normalized spacial score (nSPS) is 32.5. The van der Waals surface area contributed by atoms with Crippen molar-refractivity contribution >= 4 is 23.2 Å². The monoisotopic (exact) mass is 298 g/mol. The number of imide groups is 1. The smallest absolute Gasteiger partial charge is 0.269 e. The van der Waals surface area contributed by atoms with Crippen molar-refractivity contribution in [1.82, 2.24) is 0 Å². The van der Waals surface area contributed by atoms with Crippen LogP contribution in [0.4, 0.5) is 11.4 Å². The minimum absolute atomic E-state index is 0.0537. The van der Waals surface area contributed by atoms with Gasteiger partial charge in [0.25, 0.3) is 5.69 Å². The number of allylic oxidation sites excluding steroid dienone is 2. The minimum Gasteiger partial charge on any atom is -0.274 e. The molecule has 6 nitrogen and oxygen atoms in total. The molecule has 2 bridgehead atoms. The summed E-state index contributed by atoms with van der Waals surface area (Å²) in [6, 6.07) is 5.59. The number of hydrogen-bond acceptors (Lipinski definition) is 4. The van der Waals surface area contributed by atoms with Gasteiger partial charge in [-0.25, -0.2) is 0 Å². The fourth-order valence-electron chi connectivity index (χ4n) is 4.05. The van der Waals surface area contributed by atoms with Gasteiger partial charge < -0.3 is 0 Å². The molecule has 1 heterocycles. The Morgan fingerprint density at radius 1 is 0.955 bits per heavy atom. The van der Waals surface area contributed by atoms with Gasteiger partial charge >= 0.3 is 0 Å². The van der Waals surface area contributed by atoms with Crippen molar-refractivity contribution in [3.05, 3.63) is 46.5 Å². The largest absolute Gasteiger partial charge is 0.274 e. The first-order chi connectivity index (χ1) is 10.6. The Morgan fingerprint density at radius 2 is 1.45 bits per heavy atom. The van der Waals surface area contributed by atoms with Gasteiger partial charge in [-0.2, -0.15) is 0 Å². The maximum atomic E-state index is 12.7. The van der Waals surface area contributed by atoms with E-state index in [1.54, 1.807) is 0 Å². The van der Waals surface area contributed by atoms with Crippen LogP contribution in [0, 0.1) is 33.8 Å². The summed E-state index contributed by atoms with van der Waals surface area (Å²) in [5, 5.41) is 10.7. The molecule has 1 saturated carbocycles. The van der Waals surface area contributed by atoms with E-state index >= 15 is 0 Å². The van der Waals surface area contributed by atoms with Crippen LogP contribution in [0.15, 0.2) is 36.4 Å². The average molecular weight is 298 g/mol. The summed E-state index contributed by atoms with van der Waals surface area (Å²) in [5.74, 6) is -0.548. The van der Waals surface area contributed by atoms with Crippen molar-refractivity contribution in [1.29, 1.82) is 0 Å². The van der Waals surface area contributed by atoms with E-state index in [1.807, 2.05) is 0 Å². The lowest BCUT2D eigenvalue weighted by Gasteiger charge is -2.38. The van der Waals surface area contributed by atoms with E-state index < -0.39 is 4.92 Å². The zero-order valence-electron chi connectivity index (χ0n) is 11.7. The third kappa shape index (κ3) is 1.66. The van der Waals surface area contributed by atoms with Gasteiger partial charge in [0.05, 0.1) is 22.4 Å². The number of nitro benzene ring substituents is 1. The highest BCUT2D eigenvalue weighted by Crippen LogP contribution is 2.50. The minimum atomic E-state index is -0.499. The fourth-order valence-corrected chi connectivity index (χ4v) is 4.05. The Kier molecular flexibility index (Phi) is 2.69. The van der Waals surface area contributed by atoms with Crippen LogP contribution in [0.25, 0.3) is 0 Å². The second kappa shape index (κ2) is 4.50. The number of rotatable bonds is 2. The highest BCUT2D eigenvalue weighted by molar-refractivity contribution is 6.22. The van der Waals surface area contributed by atoms with Crippen molar-refractivity contribution in [3.63, 3.8) is 0 Å². The molecule has 2 fully saturated rings. The Bertz CT molecular complexity index is 677. The predicted octanol–water partition coefficient (Wildman–Crippen LogP) is 2.30. The molecule has 112 valence electrons. The maximum Gasteiger partial charge on any atom is 0.269 e. The molecule has 3 aliphatic carbocycles. The number of nitro groups is 1. The topological polar surface area (TPSA) is 80.5 Å². The molecule has 0 N–H and O–H groups in total. The molecule has 0 unspecified atom stereocenters. The third-order valence-corrected chi connectivity index (χ3v) is 5.08. The Labute approximate surface area is 126 Å². The molecule has 5 rings (SSSR count). The molecule has 6 heteroatoms. The van der Waals surface area contributed by atoms with Crippen LogP contribution in [0.1, 0.15) is 12.8 Å². The van der Waals surface area contributed by atoms with Crippen molar-refractivity contribution in [3.8, 4) is 0 Å². The summed E-state index contributed by atoms with van der Waals surface area (Å²) in [7, 11) is 0. The number of hydrogen-bond donors (Lipinski definition) is 0. The molecule has 1 aliphatic heterocycles. The van der Waals surface area contributed by atoms with Gasteiger partial charge in [0.1, 0.15) is 0 Å². The van der Waals surface area contributed by atoms with Crippen molar-refractivity contribution in [2.24, 2.45) is 23.7 Å². The van der Waals surface area contributed by atoms with Crippen LogP contribution < -0.4 is 4.90 Å². The van der Waals surface area contributed by atoms with Crippen LogP contribution in [-0.2, 0) is 9.59 Å². The third-order valence-electron chi connectivity index (χ3n) is 5.08. The summed E-state index contributed by atoms with van der Waals surface area (Å²) >= 11 is 0. The van der Waals surface area contributed by atoms with Crippen molar-refractivity contribution in [2.45, 2.75) is 12.8 Å². The Morgan fingerprint density at radius 3 is 1.86 bits per heavy atom. The standard InChI is InChI=1S/C16H14N2O4/c19-15-13-9-1-2-10(4-3-9)14(13)16(20)17(15)11-5-7-12(8-6-11)18(21)22/h1-2,5-10,13-14H,3-4H2/t9-,10-,13-,14+/m0/s1. The molecule has 4 aliphatic rings. The number of fused-ring (bicyclic) bond motifs is 1. The zero-order valence-corrected chi connectivity index (χ0v) is 11.7. The first kappa shape index (κ1) is 13.2. The highest BCUT2D eigenvalue weighted by atomic mass is 16.6. The summed E-state index contributed by atoms with van der Waals surface area (Å²) < 4.78 is 0. The molecule has 0 radical (unpaired) electrons. The SMILES string of the molecule is O=C1[C@@H]2[C@H](C(=O)N1c1ccc([N+](=O)[O-])cc1)[C@H]1C=C[C@H]2CC1. The molecule has 1 aromatic rings. The molecular weight excluding hydrogens is 284 g/mol. The highest BCUT2D eigenvalue weighted by Gasteiger charge is 2.56. The molecule has 2 amide bonds. The summed E-state index contributed by atoms with van der Waals surface area (Å²) in [6.07, 6.45) is 6.05. The van der Waals surface area contributed by atoms with E-state index in [0.717, 1.165) is 12.8 Å². The van der Waals surface area contributed by atoms with Crippen LogP contribution in [0.3, 0.4) is 0 Å². The molecule has 0 aromatic heterocycles. The molecule has 0 spiro atoms. The lowest BCUT2D eigenvalue weighted by atomic mass is 9.63. The van der Waals surface area contributed by atoms with Gasteiger partial charge in [-0.15, -0.1) is 0 Å². The summed E-state index contributed by atoms with van der Waals surface area (Å²) in [4.78, 5) is 36.8. The molecule has 22 heavy (non-hydrogen) atoms. The average Bonchev–Trinajstić information content (AvgIpc) is 2.82. The number of carbonyl (C=O) groups excluding carboxylic acids is 2. The van der Waals surface area contributed by atoms with E-state index in [0.29, 0.717) is 5.69 Å². The zero-order chi connectivity index (χ0) is 15.4. The predicted molar refractivity (Wildman–Crippen MR) is 77.9 cm³/mol. The Hall–Kier alpha value is -2.50. The quantitative estimate of drug-likeness (QED) is 0.363. The van der Waals surface area contributed by atoms with Gasteiger partial charge in [-0.05, 0) is 36.8 Å². The molecule has 1 saturated heterocycles.